The van der Waals surface area contributed by atoms with Crippen LogP contribution in [0.1, 0.15) is 40.1 Å². The second-order valence-electron chi connectivity index (χ2n) is 6.28. The third-order valence-electron chi connectivity index (χ3n) is 4.57. The summed E-state index contributed by atoms with van der Waals surface area (Å²) in [5.41, 5.74) is 3.13. The summed E-state index contributed by atoms with van der Waals surface area (Å²) in [5.74, 6) is -0.132. The lowest BCUT2D eigenvalue weighted by Crippen LogP contribution is -2.49. The van der Waals surface area contributed by atoms with Crippen LogP contribution in [0.3, 0.4) is 0 Å². The molecular formula is C19H22N2O2S. The standard InChI is InChI=1S/C19H22N2O2S/c1-13-8-9-15(12-14(13)2)20-18(22)16-6-3-4-10-21(16)19(23)17-7-5-11-24-17/h5,7-9,11-12,16H,3-4,6,10H2,1-2H3,(H,20,22)/t16-/m1/s1. The Hall–Kier alpha value is -2.14. The molecule has 2 heterocycles. The van der Waals surface area contributed by atoms with Crippen LogP contribution in [0.25, 0.3) is 0 Å². The molecule has 1 atom stereocenters. The van der Waals surface area contributed by atoms with E-state index in [1.54, 1.807) is 4.90 Å². The molecule has 0 spiro atoms. The topological polar surface area (TPSA) is 49.4 Å². The summed E-state index contributed by atoms with van der Waals surface area (Å²) in [4.78, 5) is 27.9. The van der Waals surface area contributed by atoms with Gasteiger partial charge in [0.05, 0.1) is 4.88 Å². The molecule has 0 aliphatic carbocycles. The van der Waals surface area contributed by atoms with Crippen molar-refractivity contribution in [3.63, 3.8) is 0 Å². The molecule has 1 fully saturated rings. The second-order valence-corrected chi connectivity index (χ2v) is 7.22. The number of carbonyl (C=O) groups is 2. The van der Waals surface area contributed by atoms with Crippen molar-refractivity contribution in [2.24, 2.45) is 0 Å². The van der Waals surface area contributed by atoms with Crippen molar-refractivity contribution in [2.45, 2.75) is 39.2 Å². The summed E-state index contributed by atoms with van der Waals surface area (Å²) in [5, 5.41) is 4.87. The van der Waals surface area contributed by atoms with Crippen LogP contribution in [0.5, 0.6) is 0 Å². The van der Waals surface area contributed by atoms with E-state index in [1.165, 1.54) is 16.9 Å². The zero-order valence-electron chi connectivity index (χ0n) is 14.0. The van der Waals surface area contributed by atoms with Gasteiger partial charge in [-0.15, -0.1) is 11.3 Å². The number of aryl methyl sites for hydroxylation is 2. The fourth-order valence-electron chi connectivity index (χ4n) is 3.03. The van der Waals surface area contributed by atoms with Crippen LogP contribution in [0.15, 0.2) is 35.7 Å². The van der Waals surface area contributed by atoms with Crippen molar-refractivity contribution in [1.29, 1.82) is 0 Å². The molecule has 1 aromatic heterocycles. The molecule has 0 radical (unpaired) electrons. The molecule has 2 aromatic rings. The van der Waals surface area contributed by atoms with Crippen molar-refractivity contribution >= 4 is 28.8 Å². The number of hydrogen-bond donors (Lipinski definition) is 1. The highest BCUT2D eigenvalue weighted by Crippen LogP contribution is 2.23. The van der Waals surface area contributed by atoms with Crippen molar-refractivity contribution in [3.05, 3.63) is 51.7 Å². The van der Waals surface area contributed by atoms with Crippen molar-refractivity contribution in [1.82, 2.24) is 4.90 Å². The third-order valence-corrected chi connectivity index (χ3v) is 5.43. The van der Waals surface area contributed by atoms with E-state index >= 15 is 0 Å². The molecule has 2 amide bonds. The first-order valence-corrected chi connectivity index (χ1v) is 9.17. The van der Waals surface area contributed by atoms with E-state index in [-0.39, 0.29) is 11.8 Å². The van der Waals surface area contributed by atoms with Gasteiger partial charge in [-0.05, 0) is 67.8 Å². The van der Waals surface area contributed by atoms with Crippen LogP contribution in [-0.4, -0.2) is 29.3 Å². The van der Waals surface area contributed by atoms with Gasteiger partial charge in [0.2, 0.25) is 5.91 Å². The molecule has 1 aliphatic rings. The highest BCUT2D eigenvalue weighted by Gasteiger charge is 2.33. The summed E-state index contributed by atoms with van der Waals surface area (Å²) >= 11 is 1.42. The molecule has 3 rings (SSSR count). The van der Waals surface area contributed by atoms with E-state index in [1.807, 2.05) is 49.6 Å². The maximum atomic E-state index is 12.7. The average molecular weight is 342 g/mol. The molecular weight excluding hydrogens is 320 g/mol. The number of carbonyl (C=O) groups excluding carboxylic acids is 2. The van der Waals surface area contributed by atoms with Gasteiger partial charge in [0, 0.05) is 12.2 Å². The number of nitrogens with one attached hydrogen (secondary N) is 1. The zero-order valence-corrected chi connectivity index (χ0v) is 14.9. The number of piperidine rings is 1. The second kappa shape index (κ2) is 7.18. The Morgan fingerprint density at radius 1 is 1.17 bits per heavy atom. The monoisotopic (exact) mass is 342 g/mol. The van der Waals surface area contributed by atoms with E-state index < -0.39 is 6.04 Å². The lowest BCUT2D eigenvalue weighted by molar-refractivity contribution is -0.121. The zero-order chi connectivity index (χ0) is 17.1. The Balaban J connectivity index is 1.75. The molecule has 1 N–H and O–H groups in total. The third kappa shape index (κ3) is 3.51. The lowest BCUT2D eigenvalue weighted by Gasteiger charge is -2.34. The highest BCUT2D eigenvalue weighted by molar-refractivity contribution is 7.12. The van der Waals surface area contributed by atoms with Gasteiger partial charge in [-0.1, -0.05) is 12.1 Å². The number of amides is 2. The Labute approximate surface area is 146 Å². The van der Waals surface area contributed by atoms with Gasteiger partial charge in [-0.25, -0.2) is 0 Å². The predicted octanol–water partition coefficient (Wildman–Crippen LogP) is 4.00. The molecule has 4 nitrogen and oxygen atoms in total. The number of thiophene rings is 1. The minimum atomic E-state index is -0.394. The maximum absolute atomic E-state index is 12.7. The first-order valence-electron chi connectivity index (χ1n) is 8.29. The van der Waals surface area contributed by atoms with Gasteiger partial charge >= 0.3 is 0 Å². The Morgan fingerprint density at radius 2 is 2.00 bits per heavy atom. The molecule has 126 valence electrons. The summed E-state index contributed by atoms with van der Waals surface area (Å²) in [6.45, 7) is 4.71. The van der Waals surface area contributed by atoms with Gasteiger partial charge in [-0.2, -0.15) is 0 Å². The molecule has 0 unspecified atom stereocenters. The van der Waals surface area contributed by atoms with E-state index in [4.69, 9.17) is 0 Å². The predicted molar refractivity (Wildman–Crippen MR) is 97.5 cm³/mol. The Bertz CT molecular complexity index is 740. The molecule has 1 aromatic carbocycles. The molecule has 1 saturated heterocycles. The smallest absolute Gasteiger partial charge is 0.264 e. The van der Waals surface area contributed by atoms with Gasteiger partial charge in [0.1, 0.15) is 6.04 Å². The van der Waals surface area contributed by atoms with E-state index in [0.29, 0.717) is 17.8 Å². The van der Waals surface area contributed by atoms with Gasteiger partial charge in [-0.3, -0.25) is 9.59 Å². The van der Waals surface area contributed by atoms with Crippen LogP contribution in [0.2, 0.25) is 0 Å². The average Bonchev–Trinajstić information content (AvgIpc) is 3.12. The summed E-state index contributed by atoms with van der Waals surface area (Å²) in [6.07, 6.45) is 2.64. The van der Waals surface area contributed by atoms with Crippen molar-refractivity contribution in [2.75, 3.05) is 11.9 Å². The molecule has 0 bridgehead atoms. The molecule has 5 heteroatoms. The molecule has 24 heavy (non-hydrogen) atoms. The maximum Gasteiger partial charge on any atom is 0.264 e. The lowest BCUT2D eigenvalue weighted by atomic mass is 10.0. The Kier molecular flexibility index (Phi) is 5.00. The molecule has 1 aliphatic heterocycles. The minimum Gasteiger partial charge on any atom is -0.326 e. The summed E-state index contributed by atoms with van der Waals surface area (Å²) in [6, 6.07) is 9.18. The number of benzene rings is 1. The van der Waals surface area contributed by atoms with Gasteiger partial charge in [0.25, 0.3) is 5.91 Å². The molecule has 0 saturated carbocycles. The first-order chi connectivity index (χ1) is 11.6. The quantitative estimate of drug-likeness (QED) is 0.916. The van der Waals surface area contributed by atoms with Crippen LogP contribution >= 0.6 is 11.3 Å². The number of likely N-dealkylation sites (tertiary alicyclic amines) is 1. The first kappa shape index (κ1) is 16.7. The van der Waals surface area contributed by atoms with Crippen LogP contribution in [0.4, 0.5) is 5.69 Å². The van der Waals surface area contributed by atoms with Crippen molar-refractivity contribution < 1.29 is 9.59 Å². The fraction of sp³-hybridized carbons (Fsp3) is 0.368. The summed E-state index contributed by atoms with van der Waals surface area (Å²) < 4.78 is 0. The van der Waals surface area contributed by atoms with Crippen LogP contribution in [-0.2, 0) is 4.79 Å². The number of anilines is 1. The number of nitrogens with zero attached hydrogens (tertiary/aromatic N) is 1. The fourth-order valence-corrected chi connectivity index (χ4v) is 3.71. The van der Waals surface area contributed by atoms with Crippen LogP contribution in [0, 0.1) is 13.8 Å². The van der Waals surface area contributed by atoms with E-state index in [2.05, 4.69) is 5.32 Å². The van der Waals surface area contributed by atoms with E-state index in [9.17, 15) is 9.59 Å². The van der Waals surface area contributed by atoms with Gasteiger partial charge in [0.15, 0.2) is 0 Å². The minimum absolute atomic E-state index is 0.0371. The normalized spacial score (nSPS) is 17.6. The van der Waals surface area contributed by atoms with Crippen LogP contribution < -0.4 is 5.32 Å². The van der Waals surface area contributed by atoms with Gasteiger partial charge < -0.3 is 10.2 Å². The van der Waals surface area contributed by atoms with Crippen molar-refractivity contribution in [3.8, 4) is 0 Å². The number of hydrogen-bond acceptors (Lipinski definition) is 3. The largest absolute Gasteiger partial charge is 0.326 e. The Morgan fingerprint density at radius 3 is 2.71 bits per heavy atom. The summed E-state index contributed by atoms with van der Waals surface area (Å²) in [7, 11) is 0. The number of rotatable bonds is 3. The SMILES string of the molecule is Cc1ccc(NC(=O)[C@H]2CCCCN2C(=O)c2cccs2)cc1C. The van der Waals surface area contributed by atoms with E-state index in [0.717, 1.165) is 24.1 Å². The highest BCUT2D eigenvalue weighted by atomic mass is 32.1.